The maximum atomic E-state index is 13.0. The molecule has 0 radical (unpaired) electrons. The van der Waals surface area contributed by atoms with Crippen molar-refractivity contribution >= 4 is 5.91 Å². The molecule has 2 saturated heterocycles. The summed E-state index contributed by atoms with van der Waals surface area (Å²) in [6.07, 6.45) is -3.23. The zero-order chi connectivity index (χ0) is 11.1. The zero-order valence-electron chi connectivity index (χ0n) is 8.23. The third kappa shape index (κ3) is 1.51. The van der Waals surface area contributed by atoms with Crippen molar-refractivity contribution in [2.45, 2.75) is 37.5 Å². The van der Waals surface area contributed by atoms with Crippen molar-refractivity contribution in [3.8, 4) is 0 Å². The van der Waals surface area contributed by atoms with Crippen LogP contribution in [0.5, 0.6) is 0 Å². The Hall–Kier alpha value is -0.780. The molecule has 1 amide bonds. The van der Waals surface area contributed by atoms with Gasteiger partial charge in [0.05, 0.1) is 0 Å². The summed E-state index contributed by atoms with van der Waals surface area (Å²) in [6, 6.07) is 0. The molecule has 86 valence electrons. The van der Waals surface area contributed by atoms with Gasteiger partial charge in [-0.2, -0.15) is 13.2 Å². The van der Waals surface area contributed by atoms with Gasteiger partial charge in [0.15, 0.2) is 5.66 Å². The Morgan fingerprint density at radius 2 is 2.07 bits per heavy atom. The molecule has 2 aliphatic rings. The number of amides is 1. The van der Waals surface area contributed by atoms with Crippen molar-refractivity contribution in [1.82, 2.24) is 10.2 Å². The van der Waals surface area contributed by atoms with E-state index in [0.717, 1.165) is 4.90 Å². The van der Waals surface area contributed by atoms with Gasteiger partial charge in [0.2, 0.25) is 5.91 Å². The molecule has 0 aromatic carbocycles. The van der Waals surface area contributed by atoms with E-state index in [9.17, 15) is 18.0 Å². The minimum atomic E-state index is -4.39. The number of fused-ring (bicyclic) bond motifs is 1. The predicted octanol–water partition coefficient (Wildman–Crippen LogP) is 1.25. The van der Waals surface area contributed by atoms with Crippen molar-refractivity contribution in [1.29, 1.82) is 0 Å². The van der Waals surface area contributed by atoms with Crippen LogP contribution in [0.4, 0.5) is 13.2 Å². The second-order valence-electron chi connectivity index (χ2n) is 4.04. The van der Waals surface area contributed by atoms with Crippen molar-refractivity contribution in [2.24, 2.45) is 0 Å². The molecule has 1 N–H and O–H groups in total. The first-order chi connectivity index (χ1) is 6.97. The summed E-state index contributed by atoms with van der Waals surface area (Å²) in [5, 5.41) is 2.51. The van der Waals surface area contributed by atoms with Gasteiger partial charge in [-0.1, -0.05) is 0 Å². The van der Waals surface area contributed by atoms with Crippen molar-refractivity contribution in [3.05, 3.63) is 0 Å². The van der Waals surface area contributed by atoms with E-state index in [1.54, 1.807) is 0 Å². The van der Waals surface area contributed by atoms with Crippen LogP contribution < -0.4 is 5.32 Å². The van der Waals surface area contributed by atoms with Gasteiger partial charge in [-0.25, -0.2) is 0 Å². The van der Waals surface area contributed by atoms with E-state index in [2.05, 4.69) is 5.32 Å². The first kappa shape index (κ1) is 10.7. The van der Waals surface area contributed by atoms with E-state index in [1.165, 1.54) is 0 Å². The number of alkyl halides is 3. The Bertz CT molecular complexity index is 279. The number of hydrogen-bond acceptors (Lipinski definition) is 2. The van der Waals surface area contributed by atoms with Gasteiger partial charge in [0.25, 0.3) is 0 Å². The van der Waals surface area contributed by atoms with Gasteiger partial charge in [-0.3, -0.25) is 10.1 Å². The van der Waals surface area contributed by atoms with Crippen LogP contribution in [0.15, 0.2) is 0 Å². The molecule has 0 aromatic heterocycles. The van der Waals surface area contributed by atoms with E-state index in [0.29, 0.717) is 19.4 Å². The standard InChI is InChI=1S/C9H13F3N2O/c10-9(11,12)8-4-3-7(15)14(8)6-2-1-5-13-8/h13H,1-6H2. The smallest absolute Gasteiger partial charge is 0.316 e. The first-order valence-electron chi connectivity index (χ1n) is 5.10. The molecule has 0 bridgehead atoms. The Labute approximate surface area is 85.6 Å². The SMILES string of the molecule is O=C1CCC2(C(F)(F)F)NCCCCN12. The lowest BCUT2D eigenvalue weighted by Crippen LogP contribution is -2.64. The zero-order valence-corrected chi connectivity index (χ0v) is 8.23. The number of carbonyl (C=O) groups excluding carboxylic acids is 1. The van der Waals surface area contributed by atoms with Gasteiger partial charge in [-0.05, 0) is 19.4 Å². The fourth-order valence-corrected chi connectivity index (χ4v) is 2.36. The van der Waals surface area contributed by atoms with E-state index in [-0.39, 0.29) is 25.3 Å². The normalized spacial score (nSPS) is 32.7. The van der Waals surface area contributed by atoms with Gasteiger partial charge in [-0.15, -0.1) is 0 Å². The largest absolute Gasteiger partial charge is 0.425 e. The van der Waals surface area contributed by atoms with Crippen LogP contribution in [0.2, 0.25) is 0 Å². The molecular formula is C9H13F3N2O. The highest BCUT2D eigenvalue weighted by atomic mass is 19.4. The van der Waals surface area contributed by atoms with E-state index in [1.807, 2.05) is 0 Å². The van der Waals surface area contributed by atoms with E-state index >= 15 is 0 Å². The fourth-order valence-electron chi connectivity index (χ4n) is 2.36. The summed E-state index contributed by atoms with van der Waals surface area (Å²) in [6.45, 7) is 0.536. The number of carbonyl (C=O) groups is 1. The number of rotatable bonds is 0. The number of hydrogen-bond donors (Lipinski definition) is 1. The number of nitrogens with one attached hydrogen (secondary N) is 1. The van der Waals surface area contributed by atoms with E-state index < -0.39 is 11.8 Å². The highest BCUT2D eigenvalue weighted by molar-refractivity contribution is 5.79. The molecule has 0 aliphatic carbocycles. The second kappa shape index (κ2) is 3.37. The van der Waals surface area contributed by atoms with Crippen LogP contribution in [-0.4, -0.2) is 35.7 Å². The lowest BCUT2D eigenvalue weighted by Gasteiger charge is -2.38. The molecule has 2 fully saturated rings. The molecule has 2 heterocycles. The van der Waals surface area contributed by atoms with Crippen molar-refractivity contribution in [2.75, 3.05) is 13.1 Å². The quantitative estimate of drug-likeness (QED) is 0.669. The molecule has 0 aromatic rings. The average Bonchev–Trinajstić information content (AvgIpc) is 2.36. The molecule has 2 rings (SSSR count). The first-order valence-corrected chi connectivity index (χ1v) is 5.10. The van der Waals surface area contributed by atoms with Gasteiger partial charge in [0.1, 0.15) is 0 Å². The lowest BCUT2D eigenvalue weighted by molar-refractivity contribution is -0.232. The van der Waals surface area contributed by atoms with Crippen LogP contribution >= 0.6 is 0 Å². The van der Waals surface area contributed by atoms with Crippen LogP contribution in [0.25, 0.3) is 0 Å². The fraction of sp³-hybridized carbons (Fsp3) is 0.889. The summed E-state index contributed by atoms with van der Waals surface area (Å²) >= 11 is 0. The Kier molecular flexibility index (Phi) is 2.41. The third-order valence-electron chi connectivity index (χ3n) is 3.16. The average molecular weight is 222 g/mol. The molecule has 0 saturated carbocycles. The summed E-state index contributed by atoms with van der Waals surface area (Å²) in [5.74, 6) is -0.387. The second-order valence-corrected chi connectivity index (χ2v) is 4.04. The maximum Gasteiger partial charge on any atom is 0.425 e. The molecular weight excluding hydrogens is 209 g/mol. The van der Waals surface area contributed by atoms with Crippen LogP contribution in [0.1, 0.15) is 25.7 Å². The van der Waals surface area contributed by atoms with Gasteiger partial charge < -0.3 is 4.90 Å². The number of halogens is 3. The van der Waals surface area contributed by atoms with Gasteiger partial charge in [0, 0.05) is 19.4 Å². The third-order valence-corrected chi connectivity index (χ3v) is 3.16. The molecule has 0 spiro atoms. The molecule has 6 heteroatoms. The van der Waals surface area contributed by atoms with Crippen LogP contribution in [0, 0.1) is 0 Å². The summed E-state index contributed by atoms with van der Waals surface area (Å²) in [5.41, 5.74) is -2.08. The minimum absolute atomic E-state index is 0.00743. The Morgan fingerprint density at radius 3 is 2.73 bits per heavy atom. The predicted molar refractivity (Wildman–Crippen MR) is 47.0 cm³/mol. The highest BCUT2D eigenvalue weighted by Gasteiger charge is 2.62. The monoisotopic (exact) mass is 222 g/mol. The van der Waals surface area contributed by atoms with Crippen LogP contribution in [0.3, 0.4) is 0 Å². The van der Waals surface area contributed by atoms with Crippen LogP contribution in [-0.2, 0) is 4.79 Å². The molecule has 3 nitrogen and oxygen atoms in total. The molecule has 1 atom stereocenters. The summed E-state index contributed by atoms with van der Waals surface area (Å²) in [7, 11) is 0. The summed E-state index contributed by atoms with van der Waals surface area (Å²) < 4.78 is 39.0. The highest BCUT2D eigenvalue weighted by Crippen LogP contribution is 2.42. The molecule has 1 unspecified atom stereocenters. The topological polar surface area (TPSA) is 32.3 Å². The molecule has 15 heavy (non-hydrogen) atoms. The van der Waals surface area contributed by atoms with Gasteiger partial charge >= 0.3 is 6.18 Å². The minimum Gasteiger partial charge on any atom is -0.316 e. The molecule has 2 aliphatic heterocycles. The summed E-state index contributed by atoms with van der Waals surface area (Å²) in [4.78, 5) is 12.4. The van der Waals surface area contributed by atoms with E-state index in [4.69, 9.17) is 0 Å². The lowest BCUT2D eigenvalue weighted by atomic mass is 10.1. The number of nitrogens with zero attached hydrogens (tertiary/aromatic N) is 1. The van der Waals surface area contributed by atoms with Crippen molar-refractivity contribution in [3.63, 3.8) is 0 Å². The Morgan fingerprint density at radius 1 is 1.33 bits per heavy atom. The van der Waals surface area contributed by atoms with Crippen molar-refractivity contribution < 1.29 is 18.0 Å². The Balaban J connectivity index is 2.35. The maximum absolute atomic E-state index is 13.0.